The smallest absolute Gasteiger partial charge is 0.328 e. The summed E-state index contributed by atoms with van der Waals surface area (Å²) in [6.45, 7) is 1.29. The number of guanidine groups is 1. The summed E-state index contributed by atoms with van der Waals surface area (Å²) in [5.41, 5.74) is 21.3. The predicted octanol–water partition coefficient (Wildman–Crippen LogP) is -4.97. The maximum absolute atomic E-state index is 12.8. The Morgan fingerprint density at radius 2 is 1.42 bits per heavy atom. The van der Waals surface area contributed by atoms with Crippen LogP contribution in [-0.2, 0) is 28.8 Å². The molecule has 0 aliphatic rings. The van der Waals surface area contributed by atoms with E-state index in [4.69, 9.17) is 33.1 Å². The summed E-state index contributed by atoms with van der Waals surface area (Å²) in [6, 6.07) is -6.03. The van der Waals surface area contributed by atoms with Crippen LogP contribution in [0.4, 0.5) is 0 Å². The number of carbonyl (C=O) groups is 6. The van der Waals surface area contributed by atoms with E-state index in [9.17, 15) is 33.9 Å². The van der Waals surface area contributed by atoms with Crippen molar-refractivity contribution in [3.63, 3.8) is 0 Å². The number of hydrogen-bond donors (Lipinski definition) is 10. The van der Waals surface area contributed by atoms with Crippen LogP contribution in [0.2, 0.25) is 0 Å². The van der Waals surface area contributed by atoms with Gasteiger partial charge in [0.2, 0.25) is 23.6 Å². The number of carboxylic acids is 2. The van der Waals surface area contributed by atoms with Crippen molar-refractivity contribution in [1.82, 2.24) is 16.0 Å². The number of rotatable bonds is 17. The van der Waals surface area contributed by atoms with Crippen LogP contribution in [0.25, 0.3) is 0 Å². The second kappa shape index (κ2) is 15.8. The highest BCUT2D eigenvalue weighted by Gasteiger charge is 2.32. The van der Waals surface area contributed by atoms with Crippen LogP contribution in [0.15, 0.2) is 4.99 Å². The minimum atomic E-state index is -1.76. The highest BCUT2D eigenvalue weighted by molar-refractivity contribution is 5.96. The second-order valence-corrected chi connectivity index (χ2v) is 7.85. The molecule has 5 atom stereocenters. The molecule has 36 heavy (non-hydrogen) atoms. The van der Waals surface area contributed by atoms with Gasteiger partial charge in [-0.05, 0) is 26.2 Å². The molecule has 0 radical (unpaired) electrons. The number of nitrogens with zero attached hydrogens (tertiary/aromatic N) is 1. The quantitative estimate of drug-likeness (QED) is 0.0491. The number of carboxylic acid groups (broad SMARTS) is 2. The summed E-state index contributed by atoms with van der Waals surface area (Å²) in [4.78, 5) is 75.1. The number of primary amides is 1. The molecule has 14 N–H and O–H groups in total. The van der Waals surface area contributed by atoms with Crippen LogP contribution < -0.4 is 38.9 Å². The van der Waals surface area contributed by atoms with E-state index in [2.05, 4.69) is 15.6 Å². The van der Waals surface area contributed by atoms with Crippen molar-refractivity contribution >= 4 is 41.5 Å². The van der Waals surface area contributed by atoms with Crippen LogP contribution in [0, 0.1) is 0 Å². The van der Waals surface area contributed by atoms with Crippen LogP contribution >= 0.6 is 0 Å². The third-order valence-electron chi connectivity index (χ3n) is 4.67. The zero-order valence-electron chi connectivity index (χ0n) is 19.7. The molecule has 17 heteroatoms. The van der Waals surface area contributed by atoms with Crippen molar-refractivity contribution in [2.75, 3.05) is 6.54 Å². The number of carbonyl (C=O) groups excluding carboxylic acids is 4. The van der Waals surface area contributed by atoms with E-state index < -0.39 is 85.1 Å². The van der Waals surface area contributed by atoms with Gasteiger partial charge in [-0.1, -0.05) is 0 Å². The number of hydrogen-bond acceptors (Lipinski definition) is 9. The summed E-state index contributed by atoms with van der Waals surface area (Å²) >= 11 is 0. The van der Waals surface area contributed by atoms with E-state index in [1.165, 1.54) is 0 Å². The Morgan fingerprint density at radius 3 is 1.89 bits per heavy atom. The molecule has 0 fully saturated rings. The van der Waals surface area contributed by atoms with Gasteiger partial charge in [-0.2, -0.15) is 0 Å². The number of amides is 4. The van der Waals surface area contributed by atoms with Crippen molar-refractivity contribution in [1.29, 1.82) is 0 Å². The third kappa shape index (κ3) is 13.0. The van der Waals surface area contributed by atoms with Crippen LogP contribution in [0.3, 0.4) is 0 Å². The van der Waals surface area contributed by atoms with Gasteiger partial charge >= 0.3 is 11.9 Å². The molecule has 0 saturated heterocycles. The van der Waals surface area contributed by atoms with E-state index >= 15 is 0 Å². The molecule has 0 heterocycles. The van der Waals surface area contributed by atoms with Gasteiger partial charge in [0, 0.05) is 13.0 Å². The van der Waals surface area contributed by atoms with Gasteiger partial charge in [-0.25, -0.2) is 4.79 Å². The van der Waals surface area contributed by atoms with Crippen LogP contribution in [-0.4, -0.2) is 93.7 Å². The first-order valence-electron chi connectivity index (χ1n) is 10.8. The lowest BCUT2D eigenvalue weighted by atomic mass is 10.1. The lowest BCUT2D eigenvalue weighted by molar-refractivity contribution is -0.145. The van der Waals surface area contributed by atoms with Crippen molar-refractivity contribution in [2.24, 2.45) is 27.9 Å². The molecule has 5 unspecified atom stereocenters. The molecule has 0 aliphatic heterocycles. The Bertz CT molecular complexity index is 845. The van der Waals surface area contributed by atoms with Gasteiger partial charge in [0.15, 0.2) is 12.0 Å². The summed E-state index contributed by atoms with van der Waals surface area (Å²) in [5.74, 6) is -7.05. The minimum absolute atomic E-state index is 0.124. The zero-order chi connectivity index (χ0) is 28.0. The molecular weight excluding hydrogens is 484 g/mol. The van der Waals surface area contributed by atoms with Crippen LogP contribution in [0.1, 0.15) is 39.0 Å². The molecule has 0 aromatic rings. The average molecular weight is 519 g/mol. The summed E-state index contributed by atoms with van der Waals surface area (Å²) in [5, 5.41) is 34.0. The second-order valence-electron chi connectivity index (χ2n) is 7.85. The van der Waals surface area contributed by atoms with Gasteiger partial charge in [-0.15, -0.1) is 0 Å². The number of nitrogens with one attached hydrogen (secondary N) is 3. The van der Waals surface area contributed by atoms with Crippen molar-refractivity contribution in [3.05, 3.63) is 0 Å². The summed E-state index contributed by atoms with van der Waals surface area (Å²) < 4.78 is 0. The number of aliphatic imine (C=N–C) groups is 1. The topological polar surface area (TPSA) is 316 Å². The van der Waals surface area contributed by atoms with Gasteiger partial charge in [-0.3, -0.25) is 29.0 Å². The molecule has 17 nitrogen and oxygen atoms in total. The Labute approximate surface area is 206 Å². The molecule has 0 spiro atoms. The monoisotopic (exact) mass is 518 g/mol. The Hall–Kier alpha value is -3.99. The molecule has 0 bridgehead atoms. The Balaban J connectivity index is 5.49. The number of aliphatic hydroxyl groups excluding tert-OH is 1. The molecule has 0 aliphatic carbocycles. The van der Waals surface area contributed by atoms with E-state index in [0.717, 1.165) is 6.92 Å². The Morgan fingerprint density at radius 1 is 0.861 bits per heavy atom. The third-order valence-corrected chi connectivity index (χ3v) is 4.67. The summed E-state index contributed by atoms with van der Waals surface area (Å²) in [6.07, 6.45) is -2.77. The number of aliphatic hydroxyl groups is 1. The fourth-order valence-corrected chi connectivity index (χ4v) is 2.79. The van der Waals surface area contributed by atoms with Crippen molar-refractivity contribution < 1.29 is 44.1 Å². The first kappa shape index (κ1) is 32.0. The van der Waals surface area contributed by atoms with Crippen molar-refractivity contribution in [3.8, 4) is 0 Å². The van der Waals surface area contributed by atoms with E-state index in [-0.39, 0.29) is 18.9 Å². The minimum Gasteiger partial charge on any atom is -0.481 e. The molecule has 0 aromatic heterocycles. The predicted molar refractivity (Wildman–Crippen MR) is 124 cm³/mol. The maximum Gasteiger partial charge on any atom is 0.328 e. The lowest BCUT2D eigenvalue weighted by Gasteiger charge is -2.25. The maximum atomic E-state index is 12.8. The van der Waals surface area contributed by atoms with Gasteiger partial charge in [0.25, 0.3) is 0 Å². The first-order chi connectivity index (χ1) is 16.6. The van der Waals surface area contributed by atoms with Crippen LogP contribution in [0.5, 0.6) is 0 Å². The standard InChI is InChI=1S/C19H34N8O9/c1-8(28)14(18(35)36)27-17(34)11(7-12(21)29)26-16(33)10(4-5-13(30)31)25-15(32)9(20)3-2-6-24-19(22)23/h8-11,14,28H,2-7,20H2,1H3,(H2,21,29)(H,25,32)(H,26,33)(H,27,34)(H,30,31)(H,35,36)(H4,22,23,24). The number of aliphatic carboxylic acids is 2. The highest BCUT2D eigenvalue weighted by atomic mass is 16.4. The molecular formula is C19H34N8O9. The molecule has 0 aromatic carbocycles. The Kier molecular flexibility index (Phi) is 14.1. The lowest BCUT2D eigenvalue weighted by Crippen LogP contribution is -2.59. The van der Waals surface area contributed by atoms with Gasteiger partial charge in [0.05, 0.1) is 18.6 Å². The highest BCUT2D eigenvalue weighted by Crippen LogP contribution is 2.04. The number of nitrogens with two attached hydrogens (primary N) is 4. The SMILES string of the molecule is CC(O)C(NC(=O)C(CC(N)=O)NC(=O)C(CCC(=O)O)NC(=O)C(N)CCCN=C(N)N)C(=O)O. The molecule has 0 rings (SSSR count). The first-order valence-corrected chi connectivity index (χ1v) is 10.8. The largest absolute Gasteiger partial charge is 0.481 e. The fraction of sp³-hybridized carbons (Fsp3) is 0.632. The zero-order valence-corrected chi connectivity index (χ0v) is 19.7. The normalized spacial score (nSPS) is 14.8. The fourth-order valence-electron chi connectivity index (χ4n) is 2.79. The van der Waals surface area contributed by atoms with E-state index in [1.807, 2.05) is 5.32 Å². The van der Waals surface area contributed by atoms with E-state index in [1.54, 1.807) is 0 Å². The van der Waals surface area contributed by atoms with Gasteiger partial charge in [0.1, 0.15) is 12.1 Å². The van der Waals surface area contributed by atoms with Gasteiger partial charge < -0.3 is 54.2 Å². The molecule has 204 valence electrons. The average Bonchev–Trinajstić information content (AvgIpc) is 2.75. The summed E-state index contributed by atoms with van der Waals surface area (Å²) in [7, 11) is 0. The van der Waals surface area contributed by atoms with E-state index in [0.29, 0.717) is 6.42 Å². The molecule has 0 saturated carbocycles. The molecule has 4 amide bonds. The van der Waals surface area contributed by atoms with Crippen molar-refractivity contribution in [2.45, 2.75) is 69.3 Å².